The molecule has 5 aromatic rings. The zero-order valence-electron chi connectivity index (χ0n) is 18.0. The molecule has 0 saturated carbocycles. The van der Waals surface area contributed by atoms with Crippen LogP contribution in [0, 0.1) is 5.82 Å². The SMILES string of the molecule is [2H]C([2H])([2H])Oc1cccc(F)c1-c1nccc2[nH]c(=O)c(-c3nc4cc(Cl)ncc4[nH]3)cc12. The van der Waals surface area contributed by atoms with Crippen LogP contribution in [0.15, 0.2) is 53.6 Å². The van der Waals surface area contributed by atoms with Crippen LogP contribution in [-0.4, -0.2) is 32.0 Å². The lowest BCUT2D eigenvalue weighted by Gasteiger charge is -2.11. The summed E-state index contributed by atoms with van der Waals surface area (Å²) in [6.07, 6.45) is 2.88. The molecule has 0 spiro atoms. The first-order valence-corrected chi connectivity index (χ1v) is 9.09. The maximum atomic E-state index is 14.9. The van der Waals surface area contributed by atoms with Gasteiger partial charge in [0.15, 0.2) is 0 Å². The minimum absolute atomic E-state index is 0.100. The van der Waals surface area contributed by atoms with Gasteiger partial charge in [0.05, 0.1) is 50.7 Å². The molecule has 9 heteroatoms. The summed E-state index contributed by atoms with van der Waals surface area (Å²) in [5, 5.41) is 0.616. The molecule has 2 N–H and O–H groups in total. The Kier molecular flexibility index (Phi) is 3.49. The zero-order valence-corrected chi connectivity index (χ0v) is 15.8. The van der Waals surface area contributed by atoms with Crippen LogP contribution in [0.25, 0.3) is 44.6 Å². The van der Waals surface area contributed by atoms with Gasteiger partial charge in [0.1, 0.15) is 22.5 Å². The first-order chi connectivity index (χ1) is 15.7. The molecular formula is C21H13ClFN5O2. The van der Waals surface area contributed by atoms with E-state index >= 15 is 0 Å². The number of fused-ring (bicyclic) bond motifs is 2. The lowest BCUT2D eigenvalue weighted by molar-refractivity contribution is 0.413. The van der Waals surface area contributed by atoms with Gasteiger partial charge in [-0.05, 0) is 24.3 Å². The largest absolute Gasteiger partial charge is 0.496 e. The van der Waals surface area contributed by atoms with Gasteiger partial charge in [-0.25, -0.2) is 14.4 Å². The smallest absolute Gasteiger partial charge is 0.259 e. The Morgan fingerprint density at radius 2 is 2.07 bits per heavy atom. The molecule has 0 fully saturated rings. The highest BCUT2D eigenvalue weighted by Crippen LogP contribution is 2.35. The van der Waals surface area contributed by atoms with Gasteiger partial charge in [-0.2, -0.15) is 0 Å². The van der Waals surface area contributed by atoms with E-state index in [1.165, 1.54) is 36.7 Å². The summed E-state index contributed by atoms with van der Waals surface area (Å²) in [5.41, 5.74) is 1.14. The molecule has 0 aliphatic heterocycles. The minimum atomic E-state index is -2.80. The van der Waals surface area contributed by atoms with E-state index in [4.69, 9.17) is 20.5 Å². The summed E-state index contributed by atoms with van der Waals surface area (Å²) >= 11 is 5.92. The fourth-order valence-electron chi connectivity index (χ4n) is 3.33. The van der Waals surface area contributed by atoms with E-state index in [2.05, 4.69) is 24.9 Å². The fraction of sp³-hybridized carbons (Fsp3) is 0.0476. The number of nitrogens with zero attached hydrogens (tertiary/aromatic N) is 3. The van der Waals surface area contributed by atoms with Gasteiger partial charge in [-0.15, -0.1) is 0 Å². The maximum Gasteiger partial charge on any atom is 0.259 e. The summed E-state index contributed by atoms with van der Waals surface area (Å²) in [5.74, 6) is -0.680. The molecule has 0 bridgehead atoms. The third-order valence-corrected chi connectivity index (χ3v) is 4.89. The number of rotatable bonds is 3. The summed E-state index contributed by atoms with van der Waals surface area (Å²) in [6, 6.07) is 8.47. The van der Waals surface area contributed by atoms with E-state index in [1.807, 2.05) is 0 Å². The van der Waals surface area contributed by atoms with Gasteiger partial charge in [0, 0.05) is 17.6 Å². The van der Waals surface area contributed by atoms with Gasteiger partial charge < -0.3 is 14.7 Å². The van der Waals surface area contributed by atoms with Crippen LogP contribution in [0.4, 0.5) is 4.39 Å². The number of imidazole rings is 1. The van der Waals surface area contributed by atoms with E-state index in [9.17, 15) is 9.18 Å². The van der Waals surface area contributed by atoms with E-state index in [-0.39, 0.29) is 33.5 Å². The summed E-state index contributed by atoms with van der Waals surface area (Å²) in [6.45, 7) is 0. The third kappa shape index (κ3) is 2.89. The number of benzene rings is 1. The standard InChI is InChI=1S/C21H13ClFN5O2/c1-30-16-4-2-3-12(23)18(16)19-10-7-11(21(29)28-13(10)5-6-24-19)20-26-14-8-17(22)25-9-15(14)27-20/h2-9H,1H3,(H,26,27)(H,28,29)/i1D3. The normalized spacial score (nSPS) is 13.2. The number of hydrogen-bond donors (Lipinski definition) is 2. The summed E-state index contributed by atoms with van der Waals surface area (Å²) < 4.78 is 42.1. The van der Waals surface area contributed by atoms with E-state index < -0.39 is 18.4 Å². The highest BCUT2D eigenvalue weighted by Gasteiger charge is 2.18. The van der Waals surface area contributed by atoms with Crippen molar-refractivity contribution >= 4 is 33.5 Å². The van der Waals surface area contributed by atoms with Crippen LogP contribution in [0.3, 0.4) is 0 Å². The molecule has 0 radical (unpaired) electrons. The Morgan fingerprint density at radius 3 is 2.93 bits per heavy atom. The molecule has 0 aliphatic carbocycles. The molecule has 7 nitrogen and oxygen atoms in total. The predicted octanol–water partition coefficient (Wildman–Crippen LogP) is 4.33. The van der Waals surface area contributed by atoms with E-state index in [0.29, 0.717) is 21.9 Å². The Bertz CT molecular complexity index is 1600. The topological polar surface area (TPSA) is 96.6 Å². The average molecular weight is 425 g/mol. The Morgan fingerprint density at radius 1 is 1.17 bits per heavy atom. The molecule has 4 heterocycles. The van der Waals surface area contributed by atoms with Gasteiger partial charge in [-0.1, -0.05) is 17.7 Å². The van der Waals surface area contributed by atoms with Gasteiger partial charge >= 0.3 is 0 Å². The van der Waals surface area contributed by atoms with Gasteiger partial charge in [0.25, 0.3) is 5.56 Å². The molecule has 0 amide bonds. The molecule has 0 aliphatic rings. The lowest BCUT2D eigenvalue weighted by Crippen LogP contribution is -2.10. The molecule has 4 aromatic heterocycles. The number of halogens is 2. The number of H-pyrrole nitrogens is 2. The first kappa shape index (κ1) is 15.1. The average Bonchev–Trinajstić information content (AvgIpc) is 3.15. The van der Waals surface area contributed by atoms with Crippen molar-refractivity contribution in [2.75, 3.05) is 7.04 Å². The molecule has 1 aromatic carbocycles. The molecular weight excluding hydrogens is 409 g/mol. The number of aromatic nitrogens is 5. The highest BCUT2D eigenvalue weighted by atomic mass is 35.5. The van der Waals surface area contributed by atoms with Crippen molar-refractivity contribution in [3.8, 4) is 28.4 Å². The van der Waals surface area contributed by atoms with Crippen molar-refractivity contribution < 1.29 is 13.2 Å². The molecule has 0 saturated heterocycles. The van der Waals surface area contributed by atoms with Crippen molar-refractivity contribution in [1.82, 2.24) is 24.9 Å². The van der Waals surface area contributed by atoms with Crippen LogP contribution in [0.1, 0.15) is 4.11 Å². The van der Waals surface area contributed by atoms with Crippen molar-refractivity contribution in [3.05, 3.63) is 70.1 Å². The lowest BCUT2D eigenvalue weighted by atomic mass is 10.0. The molecule has 0 atom stereocenters. The molecule has 0 unspecified atom stereocenters. The van der Waals surface area contributed by atoms with Crippen LogP contribution in [0.5, 0.6) is 5.75 Å². The third-order valence-electron chi connectivity index (χ3n) is 4.68. The van der Waals surface area contributed by atoms with Crippen LogP contribution in [-0.2, 0) is 0 Å². The second-order valence-corrected chi connectivity index (χ2v) is 6.84. The predicted molar refractivity (Wildman–Crippen MR) is 112 cm³/mol. The number of aromatic amines is 2. The molecule has 30 heavy (non-hydrogen) atoms. The van der Waals surface area contributed by atoms with Crippen LogP contribution >= 0.6 is 11.6 Å². The van der Waals surface area contributed by atoms with Crippen molar-refractivity contribution in [3.63, 3.8) is 0 Å². The number of ether oxygens (including phenoxy) is 1. The highest BCUT2D eigenvalue weighted by molar-refractivity contribution is 6.29. The first-order valence-electron chi connectivity index (χ1n) is 10.2. The minimum Gasteiger partial charge on any atom is -0.496 e. The monoisotopic (exact) mass is 424 g/mol. The number of pyridine rings is 3. The van der Waals surface area contributed by atoms with Gasteiger partial charge in [0.2, 0.25) is 0 Å². The number of nitrogens with one attached hydrogen (secondary N) is 2. The van der Waals surface area contributed by atoms with Crippen molar-refractivity contribution in [2.45, 2.75) is 0 Å². The fourth-order valence-corrected chi connectivity index (χ4v) is 3.49. The van der Waals surface area contributed by atoms with E-state index in [1.54, 1.807) is 12.1 Å². The van der Waals surface area contributed by atoms with Crippen molar-refractivity contribution in [1.29, 1.82) is 0 Å². The second-order valence-electron chi connectivity index (χ2n) is 6.46. The number of hydrogen-bond acceptors (Lipinski definition) is 5. The van der Waals surface area contributed by atoms with Crippen LogP contribution < -0.4 is 10.3 Å². The van der Waals surface area contributed by atoms with Crippen LogP contribution in [0.2, 0.25) is 5.15 Å². The number of methoxy groups -OCH3 is 1. The maximum absolute atomic E-state index is 14.9. The second kappa shape index (κ2) is 6.93. The quantitative estimate of drug-likeness (QED) is 0.420. The Hall–Kier alpha value is -3.78. The Labute approximate surface area is 177 Å². The molecule has 148 valence electrons. The Balaban J connectivity index is 1.75. The summed E-state index contributed by atoms with van der Waals surface area (Å²) in [4.78, 5) is 31.2. The molecule has 5 rings (SSSR count). The van der Waals surface area contributed by atoms with E-state index in [0.717, 1.165) is 0 Å². The van der Waals surface area contributed by atoms with Gasteiger partial charge in [-0.3, -0.25) is 9.78 Å². The summed E-state index contributed by atoms with van der Waals surface area (Å²) in [7, 11) is -2.80. The van der Waals surface area contributed by atoms with Crippen molar-refractivity contribution in [2.24, 2.45) is 0 Å². The zero-order chi connectivity index (χ0) is 23.3.